The number of aromatic amines is 1. The van der Waals surface area contributed by atoms with Crippen molar-refractivity contribution in [2.75, 3.05) is 26.2 Å². The zero-order valence-corrected chi connectivity index (χ0v) is 19.5. The quantitative estimate of drug-likeness (QED) is 0.561. The van der Waals surface area contributed by atoms with Crippen LogP contribution in [0.2, 0.25) is 0 Å². The van der Waals surface area contributed by atoms with E-state index in [9.17, 15) is 22.8 Å². The van der Waals surface area contributed by atoms with E-state index in [1.807, 2.05) is 31.2 Å². The summed E-state index contributed by atoms with van der Waals surface area (Å²) in [6, 6.07) is 7.50. The molecule has 1 aliphatic heterocycles. The van der Waals surface area contributed by atoms with Gasteiger partial charge in [0.2, 0.25) is 5.91 Å². The number of sulfonamides is 1. The zero-order valence-electron chi connectivity index (χ0n) is 17.9. The average molecular weight is 480 g/mol. The largest absolute Gasteiger partial charge is 0.340 e. The number of H-pyrrole nitrogens is 1. The number of aromatic nitrogens is 3. The molecule has 0 aliphatic carbocycles. The molecule has 1 aromatic carbocycles. The van der Waals surface area contributed by atoms with Gasteiger partial charge >= 0.3 is 10.6 Å². The second kappa shape index (κ2) is 8.68. The van der Waals surface area contributed by atoms with Crippen LogP contribution in [0.4, 0.5) is 0 Å². The molecule has 3 aromatic rings. The summed E-state index contributed by atoms with van der Waals surface area (Å²) in [7, 11) is -3.77. The first-order valence-electron chi connectivity index (χ1n) is 10.4. The SMILES string of the molecule is CCn1c(=O)n(CCC(=O)N2CCN(S(=O)(=O)c3sc(=O)[nH]c3C)CC2)c2ccccc21. The van der Waals surface area contributed by atoms with Gasteiger partial charge in [-0.25, -0.2) is 13.2 Å². The van der Waals surface area contributed by atoms with Crippen molar-refractivity contribution in [1.29, 1.82) is 0 Å². The molecule has 3 heterocycles. The van der Waals surface area contributed by atoms with Gasteiger partial charge in [-0.3, -0.25) is 18.7 Å². The molecule has 1 N–H and O–H groups in total. The molecule has 32 heavy (non-hydrogen) atoms. The number of hydrogen-bond donors (Lipinski definition) is 1. The number of nitrogens with zero attached hydrogens (tertiary/aromatic N) is 4. The fraction of sp³-hybridized carbons (Fsp3) is 0.450. The first kappa shape index (κ1) is 22.5. The van der Waals surface area contributed by atoms with Crippen LogP contribution in [0, 0.1) is 6.92 Å². The second-order valence-electron chi connectivity index (χ2n) is 7.63. The summed E-state index contributed by atoms with van der Waals surface area (Å²) >= 11 is 0.678. The highest BCUT2D eigenvalue weighted by Crippen LogP contribution is 2.22. The highest BCUT2D eigenvalue weighted by Gasteiger charge is 2.32. The molecule has 0 atom stereocenters. The monoisotopic (exact) mass is 479 g/mol. The lowest BCUT2D eigenvalue weighted by Gasteiger charge is -2.33. The number of para-hydroxylation sites is 2. The van der Waals surface area contributed by atoms with Gasteiger partial charge in [-0.15, -0.1) is 0 Å². The first-order valence-corrected chi connectivity index (χ1v) is 12.7. The molecule has 172 valence electrons. The van der Waals surface area contributed by atoms with Crippen molar-refractivity contribution < 1.29 is 13.2 Å². The Balaban J connectivity index is 1.41. The van der Waals surface area contributed by atoms with E-state index in [1.165, 1.54) is 4.31 Å². The number of nitrogens with one attached hydrogen (secondary N) is 1. The third-order valence-electron chi connectivity index (χ3n) is 5.74. The lowest BCUT2D eigenvalue weighted by atomic mass is 10.3. The van der Waals surface area contributed by atoms with Gasteiger partial charge < -0.3 is 9.88 Å². The van der Waals surface area contributed by atoms with E-state index in [-0.39, 0.29) is 55.0 Å². The molecular formula is C20H25N5O5S2. The molecule has 1 saturated heterocycles. The Kier molecular flexibility index (Phi) is 6.10. The summed E-state index contributed by atoms with van der Waals surface area (Å²) in [6.45, 7) is 5.13. The van der Waals surface area contributed by atoms with Crippen LogP contribution in [0.1, 0.15) is 19.0 Å². The van der Waals surface area contributed by atoms with Gasteiger partial charge in [-0.05, 0) is 26.0 Å². The normalized spacial score (nSPS) is 15.5. The van der Waals surface area contributed by atoms with Crippen LogP contribution in [0.15, 0.2) is 38.1 Å². The number of fused-ring (bicyclic) bond motifs is 1. The number of thiazole rings is 1. The van der Waals surface area contributed by atoms with E-state index in [0.29, 0.717) is 23.6 Å². The summed E-state index contributed by atoms with van der Waals surface area (Å²) < 4.78 is 30.3. The topological polar surface area (TPSA) is 117 Å². The van der Waals surface area contributed by atoms with E-state index in [4.69, 9.17) is 0 Å². The van der Waals surface area contributed by atoms with Crippen LogP contribution < -0.4 is 10.6 Å². The molecule has 0 saturated carbocycles. The summed E-state index contributed by atoms with van der Waals surface area (Å²) in [5, 5.41) is 0. The number of piperazine rings is 1. The number of amides is 1. The molecule has 1 aliphatic rings. The first-order chi connectivity index (χ1) is 15.2. The molecule has 0 unspecified atom stereocenters. The smallest absolute Gasteiger partial charge is 0.329 e. The number of benzene rings is 1. The third-order valence-corrected chi connectivity index (χ3v) is 9.22. The van der Waals surface area contributed by atoms with Crippen molar-refractivity contribution >= 4 is 38.3 Å². The molecular weight excluding hydrogens is 454 g/mol. The zero-order chi connectivity index (χ0) is 23.0. The molecule has 0 radical (unpaired) electrons. The number of carbonyl (C=O) groups excluding carboxylic acids is 1. The van der Waals surface area contributed by atoms with Gasteiger partial charge in [0, 0.05) is 51.4 Å². The average Bonchev–Trinajstić information content (AvgIpc) is 3.27. The van der Waals surface area contributed by atoms with Crippen molar-refractivity contribution in [3.05, 3.63) is 50.1 Å². The predicted octanol–water partition coefficient (Wildman–Crippen LogP) is 0.804. The fourth-order valence-electron chi connectivity index (χ4n) is 4.09. The van der Waals surface area contributed by atoms with Crippen LogP contribution >= 0.6 is 11.3 Å². The van der Waals surface area contributed by atoms with E-state index in [2.05, 4.69) is 4.98 Å². The number of carbonyl (C=O) groups is 1. The Morgan fingerprint density at radius 2 is 1.69 bits per heavy atom. The van der Waals surface area contributed by atoms with Crippen molar-refractivity contribution in [3.63, 3.8) is 0 Å². The minimum absolute atomic E-state index is 0.0222. The maximum Gasteiger partial charge on any atom is 0.329 e. The van der Waals surface area contributed by atoms with Crippen molar-refractivity contribution in [1.82, 2.24) is 23.3 Å². The molecule has 2 aromatic heterocycles. The predicted molar refractivity (Wildman–Crippen MR) is 122 cm³/mol. The van der Waals surface area contributed by atoms with Crippen molar-refractivity contribution in [3.8, 4) is 0 Å². The molecule has 0 spiro atoms. The number of aryl methyl sites for hydroxylation is 3. The van der Waals surface area contributed by atoms with Crippen LogP contribution in [-0.4, -0.2) is 63.8 Å². The van der Waals surface area contributed by atoms with Gasteiger partial charge in [-0.1, -0.05) is 23.5 Å². The Hall–Kier alpha value is -2.70. The van der Waals surface area contributed by atoms with Gasteiger partial charge in [0.25, 0.3) is 10.0 Å². The van der Waals surface area contributed by atoms with Crippen LogP contribution in [-0.2, 0) is 27.9 Å². The van der Waals surface area contributed by atoms with Crippen LogP contribution in [0.5, 0.6) is 0 Å². The minimum atomic E-state index is -3.77. The fourth-order valence-corrected chi connectivity index (χ4v) is 6.95. The number of hydrogen-bond acceptors (Lipinski definition) is 6. The van der Waals surface area contributed by atoms with Crippen LogP contribution in [0.25, 0.3) is 11.0 Å². The van der Waals surface area contributed by atoms with Crippen molar-refractivity contribution in [2.24, 2.45) is 0 Å². The van der Waals surface area contributed by atoms with E-state index in [1.54, 1.807) is 21.0 Å². The molecule has 0 bridgehead atoms. The highest BCUT2D eigenvalue weighted by molar-refractivity contribution is 7.91. The Bertz CT molecular complexity index is 1370. The molecule has 4 rings (SSSR count). The lowest BCUT2D eigenvalue weighted by molar-refractivity contribution is -0.132. The Morgan fingerprint density at radius 3 is 2.25 bits per heavy atom. The minimum Gasteiger partial charge on any atom is -0.340 e. The summed E-state index contributed by atoms with van der Waals surface area (Å²) in [5.41, 5.74) is 1.83. The third kappa shape index (κ3) is 3.93. The van der Waals surface area contributed by atoms with Gasteiger partial charge in [0.15, 0.2) is 4.21 Å². The molecule has 12 heteroatoms. The standard InChI is InChI=1S/C20H25N5O5S2/c1-3-24-15-6-4-5-7-16(15)25(20(24)28)9-8-17(26)22-10-12-23(13-11-22)32(29,30)18-14(2)21-19(27)31-18/h4-7H,3,8-13H2,1-2H3,(H,21,27). The lowest BCUT2D eigenvalue weighted by Crippen LogP contribution is -2.50. The van der Waals surface area contributed by atoms with Gasteiger partial charge in [0.05, 0.1) is 11.0 Å². The summed E-state index contributed by atoms with van der Waals surface area (Å²) in [5.74, 6) is -0.121. The highest BCUT2D eigenvalue weighted by atomic mass is 32.2. The van der Waals surface area contributed by atoms with Crippen LogP contribution in [0.3, 0.4) is 0 Å². The van der Waals surface area contributed by atoms with Crippen molar-refractivity contribution in [2.45, 2.75) is 37.6 Å². The summed E-state index contributed by atoms with van der Waals surface area (Å²) in [4.78, 5) is 40.7. The second-order valence-corrected chi connectivity index (χ2v) is 10.7. The maximum absolute atomic E-state index is 12.8. The van der Waals surface area contributed by atoms with Gasteiger partial charge in [-0.2, -0.15) is 4.31 Å². The Morgan fingerprint density at radius 1 is 1.06 bits per heavy atom. The molecule has 10 nitrogen and oxygen atoms in total. The van der Waals surface area contributed by atoms with E-state index < -0.39 is 14.9 Å². The summed E-state index contributed by atoms with van der Waals surface area (Å²) in [6.07, 6.45) is 0.156. The maximum atomic E-state index is 12.8. The molecule has 1 fully saturated rings. The number of rotatable bonds is 6. The Labute approximate surface area is 188 Å². The van der Waals surface area contributed by atoms with E-state index in [0.717, 1.165) is 11.0 Å². The van der Waals surface area contributed by atoms with Gasteiger partial charge in [0.1, 0.15) is 0 Å². The van der Waals surface area contributed by atoms with E-state index >= 15 is 0 Å². The number of imidazole rings is 1. The molecule has 1 amide bonds.